The first kappa shape index (κ1) is 19.2. The van der Waals surface area contributed by atoms with Gasteiger partial charge in [-0.15, -0.1) is 0 Å². The van der Waals surface area contributed by atoms with Crippen molar-refractivity contribution in [2.45, 2.75) is 18.4 Å². The van der Waals surface area contributed by atoms with E-state index < -0.39 is 48.1 Å². The molecule has 1 saturated heterocycles. The molecule has 0 radical (unpaired) electrons. The molecule has 1 atom stereocenters. The van der Waals surface area contributed by atoms with Crippen LogP contribution in [0.25, 0.3) is 10.9 Å². The molecule has 1 amide bonds. The Hall–Kier alpha value is -3.16. The molecule has 0 N–H and O–H groups in total. The van der Waals surface area contributed by atoms with E-state index in [1.165, 1.54) is 12.1 Å². The van der Waals surface area contributed by atoms with Gasteiger partial charge < -0.3 is 9.64 Å². The summed E-state index contributed by atoms with van der Waals surface area (Å²) in [6, 6.07) is 13.5. The molecule has 1 unspecified atom stereocenters. The molecule has 3 aromatic rings. The zero-order valence-electron chi connectivity index (χ0n) is 15.1. The number of pyridine rings is 1. The van der Waals surface area contributed by atoms with E-state index in [1.54, 1.807) is 18.2 Å². The van der Waals surface area contributed by atoms with Crippen molar-refractivity contribution in [1.29, 1.82) is 0 Å². The summed E-state index contributed by atoms with van der Waals surface area (Å²) in [5.41, 5.74) is 0.0803. The van der Waals surface area contributed by atoms with Gasteiger partial charge in [0, 0.05) is 24.4 Å². The molecular formula is C21H16F4N2O2. The number of likely N-dealkylation sites (tertiary alicyclic amines) is 1. The largest absolute Gasteiger partial charge is 0.466 e. The zero-order valence-corrected chi connectivity index (χ0v) is 15.1. The van der Waals surface area contributed by atoms with E-state index in [9.17, 15) is 22.4 Å². The number of halogens is 4. The minimum Gasteiger partial charge on any atom is -0.466 e. The molecule has 150 valence electrons. The van der Waals surface area contributed by atoms with Crippen molar-refractivity contribution in [2.75, 3.05) is 13.1 Å². The molecule has 29 heavy (non-hydrogen) atoms. The van der Waals surface area contributed by atoms with Gasteiger partial charge in [-0.3, -0.25) is 4.79 Å². The van der Waals surface area contributed by atoms with Crippen LogP contribution in [-0.4, -0.2) is 40.9 Å². The number of fused-ring (bicyclic) bond motifs is 1. The highest BCUT2D eigenvalue weighted by Gasteiger charge is 2.47. The highest BCUT2D eigenvalue weighted by atomic mass is 19.3. The predicted molar refractivity (Wildman–Crippen MR) is 98.0 cm³/mol. The van der Waals surface area contributed by atoms with E-state index in [2.05, 4.69) is 4.98 Å². The Morgan fingerprint density at radius 1 is 1.07 bits per heavy atom. The quantitative estimate of drug-likeness (QED) is 0.606. The summed E-state index contributed by atoms with van der Waals surface area (Å²) in [6.45, 7) is -0.775. The van der Waals surface area contributed by atoms with E-state index in [1.807, 2.05) is 12.1 Å². The van der Waals surface area contributed by atoms with Crippen molar-refractivity contribution in [3.8, 4) is 5.88 Å². The third-order valence-corrected chi connectivity index (χ3v) is 4.88. The van der Waals surface area contributed by atoms with Gasteiger partial charge in [-0.1, -0.05) is 24.3 Å². The molecule has 0 aliphatic carbocycles. The molecule has 4 rings (SSSR count). The Morgan fingerprint density at radius 3 is 2.69 bits per heavy atom. The third kappa shape index (κ3) is 3.74. The number of aromatic nitrogens is 1. The number of benzene rings is 2. The average Bonchev–Trinajstić information content (AvgIpc) is 2.71. The van der Waals surface area contributed by atoms with Crippen LogP contribution in [0.1, 0.15) is 16.8 Å². The lowest BCUT2D eigenvalue weighted by atomic mass is 10.0. The second-order valence-electron chi connectivity index (χ2n) is 6.81. The number of hydrogen-bond acceptors (Lipinski definition) is 3. The van der Waals surface area contributed by atoms with Crippen LogP contribution in [0.5, 0.6) is 5.88 Å². The number of amides is 1. The summed E-state index contributed by atoms with van der Waals surface area (Å²) in [4.78, 5) is 17.8. The van der Waals surface area contributed by atoms with Crippen LogP contribution in [0.2, 0.25) is 0 Å². The number of hydrogen-bond donors (Lipinski definition) is 0. The maximum atomic E-state index is 14.4. The lowest BCUT2D eigenvalue weighted by Crippen LogP contribution is -2.55. The Morgan fingerprint density at radius 2 is 1.86 bits per heavy atom. The van der Waals surface area contributed by atoms with Crippen LogP contribution in [0, 0.1) is 11.6 Å². The maximum Gasteiger partial charge on any atom is 0.287 e. The number of carbonyl (C=O) groups excluding carboxylic acids is 1. The first-order valence-electron chi connectivity index (χ1n) is 8.99. The van der Waals surface area contributed by atoms with Crippen molar-refractivity contribution in [3.63, 3.8) is 0 Å². The van der Waals surface area contributed by atoms with Gasteiger partial charge in [-0.2, -0.15) is 0 Å². The van der Waals surface area contributed by atoms with Crippen LogP contribution in [0.3, 0.4) is 0 Å². The molecule has 0 spiro atoms. The zero-order chi connectivity index (χ0) is 20.6. The average molecular weight is 404 g/mol. The SMILES string of the molecule is O=C(c1cccc(F)c1F)N1CCC(F)(F)C(Oc2ccc3ccccc3n2)C1. The van der Waals surface area contributed by atoms with Gasteiger partial charge in [0.1, 0.15) is 0 Å². The van der Waals surface area contributed by atoms with Gasteiger partial charge in [0.25, 0.3) is 11.8 Å². The Kier molecular flexibility index (Phi) is 4.86. The minimum atomic E-state index is -3.20. The highest BCUT2D eigenvalue weighted by molar-refractivity contribution is 5.94. The van der Waals surface area contributed by atoms with Crippen molar-refractivity contribution in [2.24, 2.45) is 0 Å². The summed E-state index contributed by atoms with van der Waals surface area (Å²) < 4.78 is 61.6. The second kappa shape index (κ2) is 7.35. The highest BCUT2D eigenvalue weighted by Crippen LogP contribution is 2.32. The van der Waals surface area contributed by atoms with Crippen LogP contribution in [0.4, 0.5) is 17.6 Å². The molecule has 0 bridgehead atoms. The minimum absolute atomic E-state index is 0.000361. The second-order valence-corrected chi connectivity index (χ2v) is 6.81. The monoisotopic (exact) mass is 404 g/mol. The van der Waals surface area contributed by atoms with E-state index in [4.69, 9.17) is 4.74 Å². The van der Waals surface area contributed by atoms with Crippen LogP contribution < -0.4 is 4.74 Å². The van der Waals surface area contributed by atoms with Crippen molar-refractivity contribution >= 4 is 16.8 Å². The fourth-order valence-electron chi connectivity index (χ4n) is 3.28. The van der Waals surface area contributed by atoms with E-state index >= 15 is 0 Å². The van der Waals surface area contributed by atoms with Crippen molar-refractivity contribution in [3.05, 3.63) is 71.8 Å². The molecule has 4 nitrogen and oxygen atoms in total. The smallest absolute Gasteiger partial charge is 0.287 e. The van der Waals surface area contributed by atoms with E-state index in [0.717, 1.165) is 22.4 Å². The summed E-state index contributed by atoms with van der Waals surface area (Å²) >= 11 is 0. The lowest BCUT2D eigenvalue weighted by Gasteiger charge is -2.38. The van der Waals surface area contributed by atoms with Gasteiger partial charge in [0.2, 0.25) is 5.88 Å². The number of rotatable bonds is 3. The first-order chi connectivity index (χ1) is 13.8. The Labute approximate surface area is 163 Å². The van der Waals surface area contributed by atoms with Crippen LogP contribution in [-0.2, 0) is 0 Å². The molecule has 0 saturated carbocycles. The van der Waals surface area contributed by atoms with E-state index in [0.29, 0.717) is 5.52 Å². The molecule has 1 aromatic heterocycles. The molecule has 1 aliphatic rings. The number of piperidine rings is 1. The number of alkyl halides is 2. The summed E-state index contributed by atoms with van der Waals surface area (Å²) in [6.07, 6.45) is -2.32. The van der Waals surface area contributed by atoms with E-state index in [-0.39, 0.29) is 12.4 Å². The van der Waals surface area contributed by atoms with Gasteiger partial charge in [0.15, 0.2) is 17.7 Å². The first-order valence-corrected chi connectivity index (χ1v) is 8.99. The van der Waals surface area contributed by atoms with Gasteiger partial charge in [0.05, 0.1) is 17.6 Å². The fraction of sp³-hybridized carbons (Fsp3) is 0.238. The van der Waals surface area contributed by atoms with Crippen molar-refractivity contribution < 1.29 is 27.1 Å². The number of para-hydroxylation sites is 1. The topological polar surface area (TPSA) is 42.4 Å². The van der Waals surface area contributed by atoms with Crippen molar-refractivity contribution in [1.82, 2.24) is 9.88 Å². The Bertz CT molecular complexity index is 1070. The van der Waals surface area contributed by atoms with Gasteiger partial charge in [-0.25, -0.2) is 22.5 Å². The van der Waals surface area contributed by atoms with Gasteiger partial charge >= 0.3 is 0 Å². The lowest BCUT2D eigenvalue weighted by molar-refractivity contribution is -0.131. The molecule has 8 heteroatoms. The summed E-state index contributed by atoms with van der Waals surface area (Å²) in [5, 5.41) is 0.827. The predicted octanol–water partition coefficient (Wildman–Crippen LogP) is 4.44. The van der Waals surface area contributed by atoms with Crippen LogP contribution in [0.15, 0.2) is 54.6 Å². The molecule has 1 fully saturated rings. The summed E-state index contributed by atoms with van der Waals surface area (Å²) in [5.74, 6) is -6.54. The van der Waals surface area contributed by atoms with Gasteiger partial charge in [-0.05, 0) is 24.3 Å². The normalized spacial score (nSPS) is 18.6. The number of ether oxygens (including phenoxy) is 1. The molecular weight excluding hydrogens is 388 g/mol. The number of nitrogens with zero attached hydrogens (tertiary/aromatic N) is 2. The standard InChI is InChI=1S/C21H16F4N2O2/c22-15-6-3-5-14(19(15)23)20(28)27-11-10-21(24,25)17(12-27)29-18-9-8-13-4-1-2-7-16(13)26-18/h1-9,17H,10-12H2. The number of carbonyl (C=O) groups is 1. The molecule has 2 aromatic carbocycles. The summed E-state index contributed by atoms with van der Waals surface area (Å²) in [7, 11) is 0. The van der Waals surface area contributed by atoms with Crippen LogP contribution >= 0.6 is 0 Å². The maximum absolute atomic E-state index is 14.4. The molecule has 1 aliphatic heterocycles. The molecule has 2 heterocycles. The Balaban J connectivity index is 1.56. The fourth-order valence-corrected chi connectivity index (χ4v) is 3.28. The third-order valence-electron chi connectivity index (χ3n) is 4.88.